The van der Waals surface area contributed by atoms with Crippen molar-refractivity contribution in [2.75, 3.05) is 46.4 Å². The number of carbonyl (C=O) groups excluding carboxylic acids is 5. The summed E-state index contributed by atoms with van der Waals surface area (Å²) in [5.41, 5.74) is 21.0. The van der Waals surface area contributed by atoms with E-state index < -0.39 is 53.7 Å². The summed E-state index contributed by atoms with van der Waals surface area (Å²) in [7, 11) is 1.40. The molecule has 2 heterocycles. The summed E-state index contributed by atoms with van der Waals surface area (Å²) in [6.07, 6.45) is 4.41. The van der Waals surface area contributed by atoms with Gasteiger partial charge in [0.25, 0.3) is 5.91 Å². The van der Waals surface area contributed by atoms with E-state index in [2.05, 4.69) is 38.2 Å². The molecular formula is C47H59N11O8. The van der Waals surface area contributed by atoms with Crippen molar-refractivity contribution in [3.05, 3.63) is 94.8 Å². The van der Waals surface area contributed by atoms with Gasteiger partial charge in [0.1, 0.15) is 61.2 Å². The Labute approximate surface area is 384 Å². The lowest BCUT2D eigenvalue weighted by atomic mass is 9.93. The summed E-state index contributed by atoms with van der Waals surface area (Å²) in [6.45, 7) is 5.51. The molecule has 5 amide bonds. The molecule has 10 N–H and O–H groups in total. The van der Waals surface area contributed by atoms with Crippen molar-refractivity contribution < 1.29 is 38.2 Å². The van der Waals surface area contributed by atoms with Gasteiger partial charge in [-0.15, -0.1) is 0 Å². The number of nitrogens with one attached hydrogen (secondary N) is 4. The Morgan fingerprint density at radius 1 is 0.939 bits per heavy atom. The van der Waals surface area contributed by atoms with Crippen molar-refractivity contribution >= 4 is 29.5 Å². The van der Waals surface area contributed by atoms with Crippen LogP contribution in [0.15, 0.2) is 66.9 Å². The van der Waals surface area contributed by atoms with Gasteiger partial charge in [-0.05, 0) is 92.7 Å². The lowest BCUT2D eigenvalue weighted by Gasteiger charge is -2.32. The first-order chi connectivity index (χ1) is 31.8. The topological polar surface area (TPSA) is 292 Å². The van der Waals surface area contributed by atoms with E-state index in [1.54, 1.807) is 43.3 Å². The third-order valence-corrected chi connectivity index (χ3v) is 10.8. The number of nitriles is 1. The van der Waals surface area contributed by atoms with Gasteiger partial charge in [-0.2, -0.15) is 10.2 Å². The van der Waals surface area contributed by atoms with Crippen LogP contribution in [0.1, 0.15) is 71.9 Å². The first kappa shape index (κ1) is 49.9. The van der Waals surface area contributed by atoms with Crippen molar-refractivity contribution in [1.82, 2.24) is 36.1 Å². The number of fused-ring (bicyclic) bond motifs is 5. The predicted molar refractivity (Wildman–Crippen MR) is 245 cm³/mol. The second-order valence-corrected chi connectivity index (χ2v) is 15.7. The molecule has 0 saturated carbocycles. The number of carbonyl (C=O) groups is 5. The van der Waals surface area contributed by atoms with Crippen LogP contribution < -0.4 is 52.7 Å². The number of likely N-dealkylation sites (N-methyl/N-ethyl adjacent to an activating group) is 1. The van der Waals surface area contributed by atoms with Gasteiger partial charge < -0.3 is 57.6 Å². The standard InChI is InChI=1S/C47H59N11O8/c1-5-6-7-30-8-12-33(13-9-30)66-47-53-27-36(28(2)55-47)43(60)56-37(16-17-48)46(63)58(4)41-32-11-15-40(65-23-20-51)35(26-32)34-24-31(10-14-39(34)64-22-19-50)25-38(44(61)52-21-18-49)57-42(59)29(3)54-45(41)62/h8-15,24,26-27,29,37-38,41H,5-7,16-17,19-23,25,48,50-51H2,1-4H3,(H,52,61)(H,54,62)(H,56,60)(H,57,59)/t29-,37-,38-,41-/m0/s1. The molecular weight excluding hydrogens is 847 g/mol. The van der Waals surface area contributed by atoms with Crippen LogP contribution >= 0.6 is 0 Å². The minimum Gasteiger partial charge on any atom is -0.492 e. The van der Waals surface area contributed by atoms with Gasteiger partial charge in [0.05, 0.1) is 17.3 Å². The van der Waals surface area contributed by atoms with Crippen molar-refractivity contribution in [2.45, 2.75) is 77.0 Å². The molecule has 66 heavy (non-hydrogen) atoms. The van der Waals surface area contributed by atoms with Crippen LogP contribution in [-0.4, -0.2) is 109 Å². The second-order valence-electron chi connectivity index (χ2n) is 15.7. The Hall–Kier alpha value is -7.14. The Morgan fingerprint density at radius 2 is 1.62 bits per heavy atom. The lowest BCUT2D eigenvalue weighted by molar-refractivity contribution is -0.141. The minimum absolute atomic E-state index is 0.00214. The average Bonchev–Trinajstić information content (AvgIpc) is 3.31. The largest absolute Gasteiger partial charge is 0.492 e. The summed E-state index contributed by atoms with van der Waals surface area (Å²) in [5.74, 6) is -2.15. The van der Waals surface area contributed by atoms with E-state index in [0.717, 1.165) is 19.3 Å². The predicted octanol–water partition coefficient (Wildman–Crippen LogP) is 2.09. The number of nitrogens with two attached hydrogens (primary N) is 3. The fourth-order valence-corrected chi connectivity index (χ4v) is 7.29. The van der Waals surface area contributed by atoms with Crippen LogP contribution in [0.5, 0.6) is 23.3 Å². The third-order valence-electron chi connectivity index (χ3n) is 10.8. The summed E-state index contributed by atoms with van der Waals surface area (Å²) in [5, 5.41) is 19.8. The molecule has 0 unspecified atom stereocenters. The number of ether oxygens (including phenoxy) is 3. The molecule has 0 saturated heterocycles. The summed E-state index contributed by atoms with van der Waals surface area (Å²) < 4.78 is 18.0. The summed E-state index contributed by atoms with van der Waals surface area (Å²) in [4.78, 5) is 79.8. The van der Waals surface area contributed by atoms with E-state index in [1.165, 1.54) is 30.6 Å². The van der Waals surface area contributed by atoms with Crippen LogP contribution in [0.4, 0.5) is 0 Å². The highest BCUT2D eigenvalue weighted by Crippen LogP contribution is 2.40. The minimum atomic E-state index is -1.41. The highest BCUT2D eigenvalue weighted by molar-refractivity contribution is 6.00. The molecule has 350 valence electrons. The molecule has 4 aromatic rings. The van der Waals surface area contributed by atoms with Crippen LogP contribution in [-0.2, 0) is 32.0 Å². The number of rotatable bonds is 19. The molecule has 4 bridgehead atoms. The lowest BCUT2D eigenvalue weighted by Crippen LogP contribution is -2.56. The zero-order chi connectivity index (χ0) is 47.8. The number of aryl methyl sites for hydroxylation is 2. The van der Waals surface area contributed by atoms with E-state index in [9.17, 15) is 24.0 Å². The SMILES string of the molecule is CCCCc1ccc(Oc2ncc(C(=O)N[C@@H](CCN)C(=O)N(C)[C@@H]3C(=O)N[C@@H](C)C(=O)N[C@H](C(=O)NCC#N)Cc4ccc(OCCN)c(c4)-c4cc3ccc4OCCN)c(C)n2)cc1. The van der Waals surface area contributed by atoms with Gasteiger partial charge in [-0.3, -0.25) is 24.0 Å². The highest BCUT2D eigenvalue weighted by atomic mass is 16.5. The van der Waals surface area contributed by atoms with Crippen molar-refractivity contribution in [3.63, 3.8) is 0 Å². The molecule has 19 heteroatoms. The fourth-order valence-electron chi connectivity index (χ4n) is 7.29. The van der Waals surface area contributed by atoms with Gasteiger partial charge in [0.2, 0.25) is 23.6 Å². The van der Waals surface area contributed by atoms with Crippen molar-refractivity contribution in [3.8, 4) is 40.5 Å². The van der Waals surface area contributed by atoms with Gasteiger partial charge in [0, 0.05) is 43.9 Å². The maximum atomic E-state index is 14.6. The van der Waals surface area contributed by atoms with Crippen LogP contribution in [0.3, 0.4) is 0 Å². The second kappa shape index (κ2) is 24.2. The van der Waals surface area contributed by atoms with E-state index in [0.29, 0.717) is 39.5 Å². The molecule has 1 aliphatic rings. The molecule has 4 atom stereocenters. The smallest absolute Gasteiger partial charge is 0.322 e. The van der Waals surface area contributed by atoms with Gasteiger partial charge in [-0.25, -0.2) is 4.98 Å². The zero-order valence-electron chi connectivity index (χ0n) is 37.7. The van der Waals surface area contributed by atoms with Crippen molar-refractivity contribution in [2.24, 2.45) is 17.2 Å². The number of hydrogen-bond donors (Lipinski definition) is 7. The van der Waals surface area contributed by atoms with E-state index in [4.69, 9.17) is 36.7 Å². The molecule has 5 rings (SSSR count). The molecule has 19 nitrogen and oxygen atoms in total. The zero-order valence-corrected chi connectivity index (χ0v) is 37.7. The monoisotopic (exact) mass is 905 g/mol. The maximum Gasteiger partial charge on any atom is 0.322 e. The number of aromatic nitrogens is 2. The maximum absolute atomic E-state index is 14.6. The third kappa shape index (κ3) is 13.0. The number of nitrogens with zero attached hydrogens (tertiary/aromatic N) is 4. The number of benzene rings is 3. The van der Waals surface area contributed by atoms with E-state index in [1.807, 2.05) is 30.3 Å². The fraction of sp³-hybridized carbons (Fsp3) is 0.404. The Bertz CT molecular complexity index is 2390. The molecule has 0 radical (unpaired) electrons. The Morgan fingerprint density at radius 3 is 2.26 bits per heavy atom. The molecule has 1 aromatic heterocycles. The van der Waals surface area contributed by atoms with Gasteiger partial charge in [0.15, 0.2) is 0 Å². The molecule has 0 aliphatic carbocycles. The molecule has 1 aliphatic heterocycles. The number of hydrogen-bond acceptors (Lipinski definition) is 14. The molecule has 0 spiro atoms. The number of unbranched alkanes of at least 4 members (excludes halogenated alkanes) is 1. The highest BCUT2D eigenvalue weighted by Gasteiger charge is 2.36. The Balaban J connectivity index is 1.51. The van der Waals surface area contributed by atoms with Crippen LogP contribution in [0.25, 0.3) is 11.1 Å². The molecule has 0 fully saturated rings. The Kier molecular flexibility index (Phi) is 18.3. The first-order valence-electron chi connectivity index (χ1n) is 21.9. The average molecular weight is 906 g/mol. The quantitative estimate of drug-likeness (QED) is 0.0664. The van der Waals surface area contributed by atoms with Gasteiger partial charge >= 0.3 is 6.01 Å². The van der Waals surface area contributed by atoms with Crippen LogP contribution in [0.2, 0.25) is 0 Å². The summed E-state index contributed by atoms with van der Waals surface area (Å²) in [6, 6.07) is 14.6. The van der Waals surface area contributed by atoms with E-state index >= 15 is 0 Å². The van der Waals surface area contributed by atoms with Crippen LogP contribution in [0, 0.1) is 18.3 Å². The molecule has 3 aromatic carbocycles. The first-order valence-corrected chi connectivity index (χ1v) is 21.9. The number of amides is 5. The summed E-state index contributed by atoms with van der Waals surface area (Å²) >= 11 is 0. The van der Waals surface area contributed by atoms with Crippen molar-refractivity contribution in [1.29, 1.82) is 5.26 Å². The van der Waals surface area contributed by atoms with Gasteiger partial charge in [-0.1, -0.05) is 37.6 Å². The normalized spacial score (nSPS) is 16.3. The van der Waals surface area contributed by atoms with E-state index in [-0.39, 0.29) is 69.5 Å².